The van der Waals surface area contributed by atoms with Crippen LogP contribution in [0.5, 0.6) is 11.5 Å². The van der Waals surface area contributed by atoms with Gasteiger partial charge in [-0.25, -0.2) is 0 Å². The number of rotatable bonds is 5. The Hall–Kier alpha value is -1.95. The van der Waals surface area contributed by atoms with Crippen molar-refractivity contribution in [3.63, 3.8) is 0 Å². The van der Waals surface area contributed by atoms with E-state index in [1.54, 1.807) is 12.1 Å². The Kier molecular flexibility index (Phi) is 4.11. The first-order valence-electron chi connectivity index (χ1n) is 7.14. The molecule has 1 aliphatic heterocycles. The Labute approximate surface area is 132 Å². The second-order valence-electron chi connectivity index (χ2n) is 5.43. The molecule has 0 atom stereocenters. The molecular weight excluding hydrogens is 310 g/mol. The maximum atomic E-state index is 12.4. The van der Waals surface area contributed by atoms with E-state index in [1.165, 1.54) is 4.90 Å². The molecule has 1 saturated carbocycles. The van der Waals surface area contributed by atoms with E-state index >= 15 is 0 Å². The molecule has 1 amide bonds. The lowest BCUT2D eigenvalue weighted by molar-refractivity contribution is -0.144. The van der Waals surface area contributed by atoms with Gasteiger partial charge in [-0.05, 0) is 30.5 Å². The first kappa shape index (κ1) is 15.0. The van der Waals surface area contributed by atoms with E-state index in [0.29, 0.717) is 35.3 Å². The van der Waals surface area contributed by atoms with Gasteiger partial charge in [-0.3, -0.25) is 9.59 Å². The predicted molar refractivity (Wildman–Crippen MR) is 78.5 cm³/mol. The van der Waals surface area contributed by atoms with Gasteiger partial charge >= 0.3 is 5.97 Å². The van der Waals surface area contributed by atoms with Crippen LogP contribution < -0.4 is 9.47 Å². The number of fused-ring (bicyclic) bond motifs is 1. The Bertz CT molecular complexity index is 614. The molecule has 1 fully saturated rings. The van der Waals surface area contributed by atoms with Gasteiger partial charge in [0.1, 0.15) is 19.8 Å². The Morgan fingerprint density at radius 2 is 2.00 bits per heavy atom. The number of carbonyl (C=O) groups is 2. The Balaban J connectivity index is 1.75. The molecule has 0 spiro atoms. The highest BCUT2D eigenvalue weighted by Gasteiger charge is 2.33. The average molecular weight is 326 g/mol. The molecule has 1 aromatic rings. The zero-order chi connectivity index (χ0) is 15.7. The molecule has 0 unspecified atom stereocenters. The normalized spacial score (nSPS) is 16.2. The maximum Gasteiger partial charge on any atom is 0.323 e. The number of carbonyl (C=O) groups excluding carboxylic acids is 1. The molecule has 118 valence electrons. The lowest BCUT2D eigenvalue weighted by Gasteiger charge is -2.22. The third-order valence-electron chi connectivity index (χ3n) is 3.63. The highest BCUT2D eigenvalue weighted by Crippen LogP contribution is 2.38. The molecule has 0 radical (unpaired) electrons. The smallest absolute Gasteiger partial charge is 0.323 e. The van der Waals surface area contributed by atoms with Crippen LogP contribution >= 0.6 is 11.6 Å². The Morgan fingerprint density at radius 1 is 1.27 bits per heavy atom. The second kappa shape index (κ2) is 6.04. The van der Waals surface area contributed by atoms with Gasteiger partial charge in [0.25, 0.3) is 0 Å². The minimum absolute atomic E-state index is 0.0521. The maximum absolute atomic E-state index is 12.4. The minimum atomic E-state index is -1.000. The number of ether oxygens (including phenoxy) is 2. The van der Waals surface area contributed by atoms with Crippen molar-refractivity contribution in [3.8, 4) is 11.5 Å². The van der Waals surface area contributed by atoms with Gasteiger partial charge in [0, 0.05) is 6.04 Å². The molecule has 3 rings (SSSR count). The lowest BCUT2D eigenvalue weighted by atomic mass is 10.1. The molecule has 0 bridgehead atoms. The second-order valence-corrected chi connectivity index (χ2v) is 5.83. The largest absolute Gasteiger partial charge is 0.486 e. The molecule has 7 heteroatoms. The van der Waals surface area contributed by atoms with E-state index < -0.39 is 5.97 Å². The molecule has 0 aromatic heterocycles. The third kappa shape index (κ3) is 3.27. The molecular formula is C15H16ClNO5. The summed E-state index contributed by atoms with van der Waals surface area (Å²) in [6, 6.07) is 3.44. The summed E-state index contributed by atoms with van der Waals surface area (Å²) in [6.07, 6.45) is 1.82. The summed E-state index contributed by atoms with van der Waals surface area (Å²) in [5, 5.41) is 9.33. The highest BCUT2D eigenvalue weighted by molar-refractivity contribution is 6.32. The van der Waals surface area contributed by atoms with Crippen LogP contribution in [-0.4, -0.2) is 47.7 Å². The van der Waals surface area contributed by atoms with Crippen molar-refractivity contribution in [1.29, 1.82) is 0 Å². The predicted octanol–water partition coefficient (Wildman–Crippen LogP) is 1.73. The summed E-state index contributed by atoms with van der Waals surface area (Å²) in [6.45, 7) is 0.620. The summed E-state index contributed by atoms with van der Waals surface area (Å²) in [5.74, 6) is -0.190. The number of carboxylic acid groups (broad SMARTS) is 1. The zero-order valence-electron chi connectivity index (χ0n) is 11.9. The zero-order valence-corrected chi connectivity index (χ0v) is 12.6. The molecule has 2 aliphatic rings. The van der Waals surface area contributed by atoms with Gasteiger partial charge < -0.3 is 19.5 Å². The van der Waals surface area contributed by atoms with Crippen molar-refractivity contribution in [2.24, 2.45) is 0 Å². The van der Waals surface area contributed by atoms with Crippen LogP contribution in [0.25, 0.3) is 0 Å². The number of halogens is 1. The summed E-state index contributed by atoms with van der Waals surface area (Å²) >= 11 is 6.15. The first-order chi connectivity index (χ1) is 10.5. The number of benzene rings is 1. The number of aliphatic carboxylic acids is 1. The summed E-state index contributed by atoms with van der Waals surface area (Å²) < 4.78 is 10.9. The van der Waals surface area contributed by atoms with E-state index in [0.717, 1.165) is 12.8 Å². The number of carboxylic acids is 1. The van der Waals surface area contributed by atoms with E-state index in [-0.39, 0.29) is 24.9 Å². The van der Waals surface area contributed by atoms with Crippen molar-refractivity contribution < 1.29 is 24.2 Å². The van der Waals surface area contributed by atoms with E-state index in [2.05, 4.69) is 0 Å². The number of nitrogens with zero attached hydrogens (tertiary/aromatic N) is 1. The van der Waals surface area contributed by atoms with Gasteiger partial charge in [-0.1, -0.05) is 11.6 Å². The first-order valence-corrected chi connectivity index (χ1v) is 7.51. The van der Waals surface area contributed by atoms with Crippen molar-refractivity contribution in [1.82, 2.24) is 4.90 Å². The molecule has 0 saturated heterocycles. The number of hydrogen-bond donors (Lipinski definition) is 1. The van der Waals surface area contributed by atoms with Gasteiger partial charge in [-0.15, -0.1) is 0 Å². The summed E-state index contributed by atoms with van der Waals surface area (Å²) in [5.41, 5.74) is 0.690. The van der Waals surface area contributed by atoms with Crippen LogP contribution in [0.15, 0.2) is 12.1 Å². The standard InChI is InChI=1S/C15H16ClNO5/c16-11-5-9(6-12-15(11)22-4-3-21-12)7-13(18)17(8-14(19)20)10-1-2-10/h5-6,10H,1-4,7-8H2,(H,19,20). The van der Waals surface area contributed by atoms with Crippen molar-refractivity contribution in [3.05, 3.63) is 22.7 Å². The number of amides is 1. The van der Waals surface area contributed by atoms with Gasteiger partial charge in [-0.2, -0.15) is 0 Å². The Morgan fingerprint density at radius 3 is 2.68 bits per heavy atom. The van der Waals surface area contributed by atoms with Crippen LogP contribution in [0.1, 0.15) is 18.4 Å². The molecule has 22 heavy (non-hydrogen) atoms. The van der Waals surface area contributed by atoms with Crippen molar-refractivity contribution in [2.45, 2.75) is 25.3 Å². The van der Waals surface area contributed by atoms with Crippen LogP contribution in [0.2, 0.25) is 5.02 Å². The topological polar surface area (TPSA) is 76.1 Å². The fraction of sp³-hybridized carbons (Fsp3) is 0.467. The molecule has 1 aliphatic carbocycles. The average Bonchev–Trinajstić information content (AvgIpc) is 3.29. The third-order valence-corrected chi connectivity index (χ3v) is 3.91. The summed E-state index contributed by atoms with van der Waals surface area (Å²) in [4.78, 5) is 24.7. The lowest BCUT2D eigenvalue weighted by Crippen LogP contribution is -2.38. The van der Waals surface area contributed by atoms with Gasteiger partial charge in [0.05, 0.1) is 11.4 Å². The highest BCUT2D eigenvalue weighted by atomic mass is 35.5. The van der Waals surface area contributed by atoms with Crippen molar-refractivity contribution >= 4 is 23.5 Å². The van der Waals surface area contributed by atoms with E-state index in [4.69, 9.17) is 26.2 Å². The fourth-order valence-electron chi connectivity index (χ4n) is 2.50. The summed E-state index contributed by atoms with van der Waals surface area (Å²) in [7, 11) is 0. The van der Waals surface area contributed by atoms with Crippen molar-refractivity contribution in [2.75, 3.05) is 19.8 Å². The number of hydrogen-bond acceptors (Lipinski definition) is 4. The monoisotopic (exact) mass is 325 g/mol. The minimum Gasteiger partial charge on any atom is -0.486 e. The van der Waals surface area contributed by atoms with Crippen LogP contribution in [0, 0.1) is 0 Å². The molecule has 6 nitrogen and oxygen atoms in total. The fourth-order valence-corrected chi connectivity index (χ4v) is 2.78. The van der Waals surface area contributed by atoms with Crippen LogP contribution in [0.3, 0.4) is 0 Å². The SMILES string of the molecule is O=C(O)CN(C(=O)Cc1cc(Cl)c2c(c1)OCCO2)C1CC1. The van der Waals surface area contributed by atoms with Crippen LogP contribution in [0.4, 0.5) is 0 Å². The molecule has 1 heterocycles. The van der Waals surface area contributed by atoms with Crippen LogP contribution in [-0.2, 0) is 16.0 Å². The van der Waals surface area contributed by atoms with Gasteiger partial charge in [0.15, 0.2) is 11.5 Å². The van der Waals surface area contributed by atoms with E-state index in [9.17, 15) is 9.59 Å². The van der Waals surface area contributed by atoms with E-state index in [1.807, 2.05) is 0 Å². The molecule has 1 N–H and O–H groups in total. The molecule has 1 aromatic carbocycles. The quantitative estimate of drug-likeness (QED) is 0.892. The van der Waals surface area contributed by atoms with Gasteiger partial charge in [0.2, 0.25) is 5.91 Å².